The molecule has 1 heterocycles. The van der Waals surface area contributed by atoms with Crippen LogP contribution in [0.4, 0.5) is 4.39 Å². The Balaban J connectivity index is 2.65. The molecule has 0 atom stereocenters. The predicted octanol–water partition coefficient (Wildman–Crippen LogP) is 4.23. The fraction of sp³-hybridized carbons (Fsp3) is 0.200. The molecule has 4 nitrogen and oxygen atoms in total. The number of carbonyl (C=O) groups excluding carboxylic acids is 1. The Hall–Kier alpha value is -1.92. The van der Waals surface area contributed by atoms with Gasteiger partial charge in [0.15, 0.2) is 0 Å². The van der Waals surface area contributed by atoms with Crippen molar-refractivity contribution in [3.8, 4) is 0 Å². The molecule has 0 bridgehead atoms. The molecule has 1 aromatic carbocycles. The van der Waals surface area contributed by atoms with E-state index in [4.69, 9.17) is 11.6 Å². The van der Waals surface area contributed by atoms with E-state index in [0.29, 0.717) is 16.6 Å². The van der Waals surface area contributed by atoms with E-state index in [2.05, 4.69) is 9.73 Å². The van der Waals surface area contributed by atoms with Gasteiger partial charge in [0.05, 0.1) is 17.0 Å². The van der Waals surface area contributed by atoms with E-state index in [1.165, 1.54) is 31.5 Å². The molecule has 0 saturated carbocycles. The first-order chi connectivity index (χ1) is 10.5. The lowest BCUT2D eigenvalue weighted by molar-refractivity contribution is -0.135. The van der Waals surface area contributed by atoms with Crippen LogP contribution in [0.5, 0.6) is 0 Å². The molecule has 2 aromatic rings. The van der Waals surface area contributed by atoms with Crippen LogP contribution in [0.15, 0.2) is 28.8 Å². The summed E-state index contributed by atoms with van der Waals surface area (Å²) in [6, 6.07) is 4.13. The second-order valence-corrected chi connectivity index (χ2v) is 5.70. The average molecular weight is 342 g/mol. The Kier molecular flexibility index (Phi) is 5.15. The molecule has 1 N–H and O–H groups in total. The Morgan fingerprint density at radius 1 is 1.55 bits per heavy atom. The number of hydrogen-bond acceptors (Lipinski definition) is 5. The van der Waals surface area contributed by atoms with E-state index >= 15 is 0 Å². The summed E-state index contributed by atoms with van der Waals surface area (Å²) in [5.74, 6) is -1.47. The quantitative estimate of drug-likeness (QED) is 0.392. The highest BCUT2D eigenvalue weighted by molar-refractivity contribution is 7.20. The van der Waals surface area contributed by atoms with Crippen molar-refractivity contribution in [2.24, 2.45) is 4.99 Å². The number of aliphatic imine (C=N–C) groups is 1. The van der Waals surface area contributed by atoms with Crippen LogP contribution >= 0.6 is 22.9 Å². The van der Waals surface area contributed by atoms with Crippen LogP contribution in [-0.4, -0.2) is 30.9 Å². The van der Waals surface area contributed by atoms with Crippen LogP contribution < -0.4 is 0 Å². The first-order valence-electron chi connectivity index (χ1n) is 6.38. The van der Waals surface area contributed by atoms with E-state index in [-0.39, 0.29) is 21.2 Å². The zero-order chi connectivity index (χ0) is 16.3. The SMILES string of the molecule is CCN=C/C(C(=O)OC)=C(/O)c1sc2cc(F)ccc2c1Cl. The zero-order valence-corrected chi connectivity index (χ0v) is 13.5. The standard InChI is InChI=1S/C15H13ClFNO3S/c1-3-18-7-10(15(20)21-2)13(19)14-12(16)9-5-4-8(17)6-11(9)22-14/h4-7,19H,3H2,1-2H3/b13-10-,18-7?. The van der Waals surface area contributed by atoms with Crippen LogP contribution in [0.25, 0.3) is 15.8 Å². The molecule has 1 aromatic heterocycles. The maximum atomic E-state index is 13.3. The van der Waals surface area contributed by atoms with E-state index in [9.17, 15) is 14.3 Å². The summed E-state index contributed by atoms with van der Waals surface area (Å²) in [6.45, 7) is 2.23. The van der Waals surface area contributed by atoms with Crippen molar-refractivity contribution in [1.29, 1.82) is 0 Å². The molecule has 116 valence electrons. The van der Waals surface area contributed by atoms with Gasteiger partial charge in [-0.15, -0.1) is 11.3 Å². The van der Waals surface area contributed by atoms with Crippen molar-refractivity contribution < 1.29 is 19.0 Å². The van der Waals surface area contributed by atoms with Crippen molar-refractivity contribution in [2.75, 3.05) is 13.7 Å². The number of halogens is 2. The van der Waals surface area contributed by atoms with Gasteiger partial charge in [-0.3, -0.25) is 4.99 Å². The van der Waals surface area contributed by atoms with E-state index in [0.717, 1.165) is 11.3 Å². The lowest BCUT2D eigenvalue weighted by atomic mass is 10.2. The van der Waals surface area contributed by atoms with Gasteiger partial charge in [0.1, 0.15) is 17.1 Å². The van der Waals surface area contributed by atoms with Crippen LogP contribution in [0, 0.1) is 5.82 Å². The van der Waals surface area contributed by atoms with Crippen LogP contribution in [0.1, 0.15) is 11.8 Å². The minimum atomic E-state index is -0.727. The molecular weight excluding hydrogens is 329 g/mol. The molecule has 0 fully saturated rings. The lowest BCUT2D eigenvalue weighted by Crippen LogP contribution is -2.09. The monoisotopic (exact) mass is 341 g/mol. The summed E-state index contributed by atoms with van der Waals surface area (Å²) in [5.41, 5.74) is -0.0988. The van der Waals surface area contributed by atoms with Crippen LogP contribution in [0.3, 0.4) is 0 Å². The normalized spacial score (nSPS) is 12.7. The maximum Gasteiger partial charge on any atom is 0.343 e. The molecule has 0 spiro atoms. The van der Waals surface area contributed by atoms with Crippen LogP contribution in [0.2, 0.25) is 5.02 Å². The number of ether oxygens (including phenoxy) is 1. The number of thiophene rings is 1. The highest BCUT2D eigenvalue weighted by Gasteiger charge is 2.21. The fourth-order valence-electron chi connectivity index (χ4n) is 1.82. The molecule has 0 aliphatic carbocycles. The first kappa shape index (κ1) is 16.5. The van der Waals surface area contributed by atoms with Crippen LogP contribution in [-0.2, 0) is 9.53 Å². The number of aliphatic hydroxyl groups excluding tert-OH is 1. The second kappa shape index (κ2) is 6.89. The third kappa shape index (κ3) is 3.13. The van der Waals surface area contributed by atoms with Gasteiger partial charge in [0.2, 0.25) is 0 Å². The first-order valence-corrected chi connectivity index (χ1v) is 7.58. The van der Waals surface area contributed by atoms with Crippen molar-refractivity contribution in [3.05, 3.63) is 39.5 Å². The van der Waals surface area contributed by atoms with Gasteiger partial charge in [-0.25, -0.2) is 9.18 Å². The number of methoxy groups -OCH3 is 1. The number of hydrogen-bond donors (Lipinski definition) is 1. The third-order valence-electron chi connectivity index (χ3n) is 2.87. The van der Waals surface area contributed by atoms with Gasteiger partial charge >= 0.3 is 5.97 Å². The average Bonchev–Trinajstić information content (AvgIpc) is 2.83. The van der Waals surface area contributed by atoms with Gasteiger partial charge in [0, 0.05) is 22.8 Å². The Bertz CT molecular complexity index is 782. The molecule has 22 heavy (non-hydrogen) atoms. The van der Waals surface area contributed by atoms with Gasteiger partial charge in [0.25, 0.3) is 0 Å². The number of aliphatic hydroxyl groups is 1. The van der Waals surface area contributed by atoms with Gasteiger partial charge < -0.3 is 9.84 Å². The Labute approximate surface area is 135 Å². The van der Waals surface area contributed by atoms with Crippen molar-refractivity contribution in [1.82, 2.24) is 0 Å². The second-order valence-electron chi connectivity index (χ2n) is 4.27. The number of nitrogens with zero attached hydrogens (tertiary/aromatic N) is 1. The number of rotatable bonds is 4. The van der Waals surface area contributed by atoms with Crippen molar-refractivity contribution in [3.63, 3.8) is 0 Å². The largest absolute Gasteiger partial charge is 0.505 e. The summed E-state index contributed by atoms with van der Waals surface area (Å²) in [6.07, 6.45) is 1.24. The minimum absolute atomic E-state index is 0.0988. The number of fused-ring (bicyclic) bond motifs is 1. The minimum Gasteiger partial charge on any atom is -0.505 e. The highest BCUT2D eigenvalue weighted by Crippen LogP contribution is 2.39. The van der Waals surface area contributed by atoms with E-state index < -0.39 is 11.8 Å². The topological polar surface area (TPSA) is 58.9 Å². The molecule has 0 unspecified atom stereocenters. The summed E-state index contributed by atoms with van der Waals surface area (Å²) in [5, 5.41) is 11.2. The predicted molar refractivity (Wildman–Crippen MR) is 87.4 cm³/mol. The summed E-state index contributed by atoms with van der Waals surface area (Å²) in [4.78, 5) is 16.0. The summed E-state index contributed by atoms with van der Waals surface area (Å²) >= 11 is 7.31. The highest BCUT2D eigenvalue weighted by atomic mass is 35.5. The number of esters is 1. The molecule has 0 amide bonds. The van der Waals surface area contributed by atoms with Gasteiger partial charge in [-0.1, -0.05) is 11.6 Å². The third-order valence-corrected chi connectivity index (χ3v) is 4.53. The number of benzene rings is 1. The van der Waals surface area contributed by atoms with Crippen molar-refractivity contribution >= 4 is 51.0 Å². The maximum absolute atomic E-state index is 13.3. The molecule has 0 aliphatic rings. The molecular formula is C15H13ClFNO3S. The molecule has 2 rings (SSSR count). The smallest absolute Gasteiger partial charge is 0.343 e. The Morgan fingerprint density at radius 2 is 2.27 bits per heavy atom. The summed E-state index contributed by atoms with van der Waals surface area (Å²) in [7, 11) is 1.21. The number of carbonyl (C=O) groups is 1. The molecule has 0 aliphatic heterocycles. The summed E-state index contributed by atoms with van der Waals surface area (Å²) < 4.78 is 18.5. The van der Waals surface area contributed by atoms with Gasteiger partial charge in [-0.05, 0) is 25.1 Å². The fourth-order valence-corrected chi connectivity index (χ4v) is 3.32. The Morgan fingerprint density at radius 3 is 2.91 bits per heavy atom. The van der Waals surface area contributed by atoms with Gasteiger partial charge in [-0.2, -0.15) is 0 Å². The molecule has 0 saturated heterocycles. The molecule has 7 heteroatoms. The lowest BCUT2D eigenvalue weighted by Gasteiger charge is -2.04. The molecule has 0 radical (unpaired) electrons. The zero-order valence-electron chi connectivity index (χ0n) is 11.9. The van der Waals surface area contributed by atoms with E-state index in [1.807, 2.05) is 0 Å². The van der Waals surface area contributed by atoms with E-state index in [1.54, 1.807) is 6.92 Å². The van der Waals surface area contributed by atoms with Crippen molar-refractivity contribution in [2.45, 2.75) is 6.92 Å².